The molecule has 0 radical (unpaired) electrons. The first-order chi connectivity index (χ1) is 18.9. The fraction of sp³-hybridized carbons (Fsp3) is 0.345. The van der Waals surface area contributed by atoms with E-state index in [9.17, 15) is 24.4 Å². The molecule has 4 atom stereocenters. The number of fused-ring (bicyclic) bond motifs is 1. The van der Waals surface area contributed by atoms with Crippen molar-refractivity contribution in [2.75, 3.05) is 20.2 Å². The van der Waals surface area contributed by atoms with Gasteiger partial charge in [-0.25, -0.2) is 0 Å². The summed E-state index contributed by atoms with van der Waals surface area (Å²) in [7, 11) is 1.56. The molecule has 3 N–H and O–H groups in total. The van der Waals surface area contributed by atoms with Gasteiger partial charge in [0.1, 0.15) is 29.6 Å². The Morgan fingerprint density at radius 3 is 2.67 bits per heavy atom. The van der Waals surface area contributed by atoms with Gasteiger partial charge >= 0.3 is 0 Å². The van der Waals surface area contributed by atoms with E-state index in [4.69, 9.17) is 4.74 Å². The molecule has 10 heteroatoms. The molecule has 3 aromatic rings. The van der Waals surface area contributed by atoms with Gasteiger partial charge in [0, 0.05) is 35.8 Å². The van der Waals surface area contributed by atoms with Crippen LogP contribution in [-0.4, -0.2) is 65.7 Å². The quantitative estimate of drug-likeness (QED) is 0.384. The Balaban J connectivity index is 1.43. The number of Topliss-reactive ketones (excluding diaryl/α,β-unsaturated/α-hetero) is 1. The Bertz CT molecular complexity index is 1460. The van der Waals surface area contributed by atoms with E-state index < -0.39 is 29.7 Å². The number of H-pyrrole nitrogens is 1. The smallest absolute Gasteiger partial charge is 0.271 e. The highest BCUT2D eigenvalue weighted by molar-refractivity contribution is 6.03. The summed E-state index contributed by atoms with van der Waals surface area (Å²) in [6.07, 6.45) is 0.912. The lowest BCUT2D eigenvalue weighted by Gasteiger charge is -2.25. The summed E-state index contributed by atoms with van der Waals surface area (Å²) in [5.41, 5.74) is 2.04. The van der Waals surface area contributed by atoms with Gasteiger partial charge in [0.05, 0.1) is 7.11 Å². The zero-order valence-electron chi connectivity index (χ0n) is 21.5. The number of hydrogen-bond acceptors (Lipinski definition) is 6. The van der Waals surface area contributed by atoms with E-state index in [1.807, 2.05) is 42.5 Å². The number of carbonyl (C=O) groups is 4. The number of rotatable bonds is 8. The minimum atomic E-state index is -1.14. The maximum Gasteiger partial charge on any atom is 0.271 e. The number of hydrogen-bond donors (Lipinski definition) is 3. The average Bonchev–Trinajstić information content (AvgIpc) is 3.70. The summed E-state index contributed by atoms with van der Waals surface area (Å²) < 4.78 is 5.42. The molecular formula is C29H29N5O5. The highest BCUT2D eigenvalue weighted by Crippen LogP contribution is 2.34. The monoisotopic (exact) mass is 527 g/mol. The summed E-state index contributed by atoms with van der Waals surface area (Å²) in [6.45, 7) is 0.791. The number of carbonyl (C=O) groups excluding carboxylic acids is 4. The molecule has 0 aliphatic carbocycles. The molecule has 0 unspecified atom stereocenters. The molecule has 2 aromatic carbocycles. The van der Waals surface area contributed by atoms with Crippen LogP contribution in [0.1, 0.15) is 41.2 Å². The number of nitrogens with one attached hydrogen (secondary N) is 3. The summed E-state index contributed by atoms with van der Waals surface area (Å²) in [5, 5.41) is 15.4. The van der Waals surface area contributed by atoms with Crippen molar-refractivity contribution in [3.63, 3.8) is 0 Å². The van der Waals surface area contributed by atoms with Gasteiger partial charge in [-0.2, -0.15) is 5.26 Å². The second kappa shape index (κ2) is 11.0. The molecule has 1 aromatic heterocycles. The molecule has 0 bridgehead atoms. The molecule has 0 saturated carbocycles. The van der Waals surface area contributed by atoms with E-state index in [0.29, 0.717) is 37.4 Å². The van der Waals surface area contributed by atoms with Crippen LogP contribution in [0.25, 0.3) is 10.9 Å². The van der Waals surface area contributed by atoms with Crippen LogP contribution >= 0.6 is 0 Å². The molecular weight excluding hydrogens is 498 g/mol. The van der Waals surface area contributed by atoms with E-state index in [2.05, 4.69) is 15.6 Å². The van der Waals surface area contributed by atoms with Crippen molar-refractivity contribution in [3.05, 3.63) is 65.9 Å². The van der Waals surface area contributed by atoms with Gasteiger partial charge in [-0.05, 0) is 43.0 Å². The third-order valence-corrected chi connectivity index (χ3v) is 7.64. The first kappa shape index (κ1) is 26.0. The van der Waals surface area contributed by atoms with Gasteiger partial charge in [0.2, 0.25) is 11.8 Å². The van der Waals surface area contributed by atoms with Crippen molar-refractivity contribution >= 4 is 34.4 Å². The Morgan fingerprint density at radius 1 is 1.18 bits per heavy atom. The van der Waals surface area contributed by atoms with Gasteiger partial charge in [0.15, 0.2) is 0 Å². The number of methoxy groups -OCH3 is 1. The summed E-state index contributed by atoms with van der Waals surface area (Å²) in [5.74, 6) is -1.85. The molecule has 2 aliphatic rings. The average molecular weight is 528 g/mol. The third kappa shape index (κ3) is 5.21. The van der Waals surface area contributed by atoms with Crippen LogP contribution in [0, 0.1) is 17.2 Å². The normalized spacial score (nSPS) is 21.3. The van der Waals surface area contributed by atoms with Crippen LogP contribution in [0.4, 0.5) is 0 Å². The molecule has 3 amide bonds. The largest absolute Gasteiger partial charge is 0.496 e. The number of aromatic nitrogens is 1. The molecule has 10 nitrogen and oxygen atoms in total. The Hall–Kier alpha value is -4.65. The molecule has 39 heavy (non-hydrogen) atoms. The minimum absolute atomic E-state index is 0.0363. The highest BCUT2D eigenvalue weighted by Gasteiger charge is 2.42. The van der Waals surface area contributed by atoms with Gasteiger partial charge in [-0.1, -0.05) is 36.4 Å². The number of likely N-dealkylation sites (tertiary alicyclic amines) is 1. The predicted octanol–water partition coefficient (Wildman–Crippen LogP) is 2.28. The van der Waals surface area contributed by atoms with Gasteiger partial charge < -0.3 is 25.3 Å². The van der Waals surface area contributed by atoms with Crippen LogP contribution in [0.15, 0.2) is 54.6 Å². The van der Waals surface area contributed by atoms with Crippen molar-refractivity contribution in [2.45, 2.75) is 37.3 Å². The topological polar surface area (TPSA) is 144 Å². The number of nitrogens with zero attached hydrogens (tertiary/aromatic N) is 2. The zero-order valence-corrected chi connectivity index (χ0v) is 21.5. The van der Waals surface area contributed by atoms with Gasteiger partial charge in [0.25, 0.3) is 11.7 Å². The van der Waals surface area contributed by atoms with Crippen LogP contribution < -0.4 is 15.4 Å². The second-order valence-corrected chi connectivity index (χ2v) is 9.97. The first-order valence-electron chi connectivity index (χ1n) is 12.9. The fourth-order valence-electron chi connectivity index (χ4n) is 5.58. The van der Waals surface area contributed by atoms with Crippen molar-refractivity contribution in [3.8, 4) is 11.8 Å². The van der Waals surface area contributed by atoms with Crippen molar-refractivity contribution in [2.24, 2.45) is 5.92 Å². The Kier molecular flexibility index (Phi) is 7.32. The minimum Gasteiger partial charge on any atom is -0.496 e. The molecule has 3 heterocycles. The van der Waals surface area contributed by atoms with Crippen LogP contribution in [0.5, 0.6) is 5.75 Å². The van der Waals surface area contributed by atoms with Gasteiger partial charge in [-0.15, -0.1) is 0 Å². The molecule has 5 rings (SSSR count). The number of benzene rings is 2. The molecule has 0 spiro atoms. The van der Waals surface area contributed by atoms with E-state index >= 15 is 0 Å². The third-order valence-electron chi connectivity index (χ3n) is 7.64. The summed E-state index contributed by atoms with van der Waals surface area (Å²) in [4.78, 5) is 56.6. The van der Waals surface area contributed by atoms with Gasteiger partial charge in [-0.3, -0.25) is 19.2 Å². The maximum atomic E-state index is 13.8. The number of nitriles is 1. The van der Waals surface area contributed by atoms with Crippen molar-refractivity contribution < 1.29 is 23.9 Å². The second-order valence-electron chi connectivity index (χ2n) is 9.97. The van der Waals surface area contributed by atoms with E-state index in [1.165, 1.54) is 4.90 Å². The molecule has 2 fully saturated rings. The lowest BCUT2D eigenvalue weighted by molar-refractivity contribution is -0.129. The van der Waals surface area contributed by atoms with Crippen molar-refractivity contribution in [1.29, 1.82) is 5.26 Å². The lowest BCUT2D eigenvalue weighted by atomic mass is 9.94. The van der Waals surface area contributed by atoms with Crippen molar-refractivity contribution in [1.82, 2.24) is 20.5 Å². The van der Waals surface area contributed by atoms with Crippen LogP contribution in [0.2, 0.25) is 0 Å². The number of ether oxygens (including phenoxy) is 1. The van der Waals surface area contributed by atoms with E-state index in [0.717, 1.165) is 16.5 Å². The highest BCUT2D eigenvalue weighted by atomic mass is 16.5. The number of amides is 3. The van der Waals surface area contributed by atoms with Crippen LogP contribution in [-0.2, 0) is 14.4 Å². The fourth-order valence-corrected chi connectivity index (χ4v) is 5.58. The SMILES string of the molecule is COc1cccc2[nH]c(C(=O)N3C[C@H](c4ccccc4)C[C@H]3C(=O)N[C@@H](C[C@@H]3CCNC3=O)C(=O)C#N)cc12. The number of aromatic amines is 1. The van der Waals surface area contributed by atoms with E-state index in [1.54, 1.807) is 25.3 Å². The number of ketones is 1. The maximum absolute atomic E-state index is 13.8. The van der Waals surface area contributed by atoms with Crippen LogP contribution in [0.3, 0.4) is 0 Å². The Morgan fingerprint density at radius 2 is 1.97 bits per heavy atom. The molecule has 200 valence electrons. The Labute approximate surface area is 225 Å². The summed E-state index contributed by atoms with van der Waals surface area (Å²) in [6, 6.07) is 16.4. The molecule has 2 saturated heterocycles. The zero-order chi connectivity index (χ0) is 27.5. The lowest BCUT2D eigenvalue weighted by Crippen LogP contribution is -2.51. The first-order valence-corrected chi connectivity index (χ1v) is 12.9. The predicted molar refractivity (Wildman–Crippen MR) is 142 cm³/mol. The summed E-state index contributed by atoms with van der Waals surface area (Å²) >= 11 is 0. The molecule has 2 aliphatic heterocycles. The van der Waals surface area contributed by atoms with E-state index in [-0.39, 0.29) is 24.2 Å². The standard InChI is InChI=1S/C29H29N5O5/c1-39-26-9-5-8-21-20(26)14-23(32-21)29(38)34-16-19(17-6-3-2-4-7-17)13-24(34)28(37)33-22(25(35)15-30)12-18-10-11-31-27(18)36/h2-9,14,18-19,22,24,32H,10-13,16H2,1H3,(H,31,36)(H,33,37)/t18-,19+,22-,24-/m0/s1.